The number of piperidine rings is 2. The van der Waals surface area contributed by atoms with Gasteiger partial charge in [0.15, 0.2) is 6.10 Å². The largest absolute Gasteiger partial charge is 0.438 e. The number of rotatable bonds is 6. The van der Waals surface area contributed by atoms with Crippen molar-refractivity contribution in [2.24, 2.45) is 0 Å². The average molecular weight is 721 g/mol. The van der Waals surface area contributed by atoms with E-state index in [0.717, 1.165) is 57.1 Å². The zero-order valence-corrected chi connectivity index (χ0v) is 29.1. The molecule has 0 unspecified atom stereocenters. The number of carbonyl (C=O) groups is 3. The van der Waals surface area contributed by atoms with Crippen LogP contribution in [0.5, 0.6) is 0 Å². The molecule has 4 aliphatic heterocycles. The van der Waals surface area contributed by atoms with Crippen molar-refractivity contribution >= 4 is 41.1 Å². The minimum atomic E-state index is -4.71. The lowest BCUT2D eigenvalue weighted by molar-refractivity contribution is -0.142. The Balaban J connectivity index is 1.18. The molecular weight excluding hydrogens is 677 g/mol. The second-order valence-corrected chi connectivity index (χ2v) is 14.0. The fourth-order valence-electron chi connectivity index (χ4n) is 7.71. The lowest BCUT2D eigenvalue weighted by Gasteiger charge is -2.44. The van der Waals surface area contributed by atoms with Gasteiger partial charge in [0.2, 0.25) is 0 Å². The summed E-state index contributed by atoms with van der Waals surface area (Å²) in [6, 6.07) is 9.98. The maximum atomic E-state index is 14.1. The van der Waals surface area contributed by atoms with Gasteiger partial charge in [0.05, 0.1) is 22.0 Å². The minimum Gasteiger partial charge on any atom is -0.438 e. The van der Waals surface area contributed by atoms with Crippen molar-refractivity contribution in [2.75, 3.05) is 77.1 Å². The summed E-state index contributed by atoms with van der Waals surface area (Å²) < 4.78 is 53.8. The molecule has 1 spiro atoms. The molecule has 0 aliphatic carbocycles. The van der Waals surface area contributed by atoms with E-state index in [1.807, 2.05) is 18.2 Å². The van der Waals surface area contributed by atoms with Crippen LogP contribution in [0.1, 0.15) is 48.8 Å². The van der Waals surface area contributed by atoms with Crippen LogP contribution in [-0.4, -0.2) is 116 Å². The Kier molecular flexibility index (Phi) is 10.7. The van der Waals surface area contributed by atoms with E-state index in [1.54, 1.807) is 11.0 Å². The third-order valence-electron chi connectivity index (χ3n) is 10.5. The molecule has 0 radical (unpaired) electrons. The number of fused-ring (bicyclic) bond motifs is 2. The number of hydrogen-bond acceptors (Lipinski definition) is 8. The van der Waals surface area contributed by atoms with Crippen LogP contribution >= 0.6 is 11.6 Å². The van der Waals surface area contributed by atoms with Crippen molar-refractivity contribution in [1.29, 1.82) is 0 Å². The Morgan fingerprint density at radius 1 is 1.04 bits per heavy atom. The summed E-state index contributed by atoms with van der Waals surface area (Å²) >= 11 is 6.29. The van der Waals surface area contributed by atoms with Gasteiger partial charge in [-0.1, -0.05) is 29.8 Å². The molecule has 11 nitrogen and oxygen atoms in total. The number of halogens is 4. The minimum absolute atomic E-state index is 0.117. The van der Waals surface area contributed by atoms with E-state index < -0.39 is 41.5 Å². The van der Waals surface area contributed by atoms with Crippen LogP contribution in [0.3, 0.4) is 0 Å². The summed E-state index contributed by atoms with van der Waals surface area (Å²) in [5.74, 6) is -0.454. The Bertz CT molecular complexity index is 1580. The first-order valence-electron chi connectivity index (χ1n) is 17.2. The molecule has 4 aliphatic rings. The average Bonchev–Trinajstić information content (AvgIpc) is 3.31. The van der Waals surface area contributed by atoms with Gasteiger partial charge in [-0.3, -0.25) is 15.0 Å². The van der Waals surface area contributed by atoms with Crippen LogP contribution in [0.2, 0.25) is 5.02 Å². The molecule has 4 heterocycles. The summed E-state index contributed by atoms with van der Waals surface area (Å²) in [7, 11) is 3.47. The first kappa shape index (κ1) is 36.1. The molecule has 2 N–H and O–H groups in total. The Morgan fingerprint density at radius 3 is 2.46 bits per heavy atom. The van der Waals surface area contributed by atoms with E-state index in [4.69, 9.17) is 21.1 Å². The van der Waals surface area contributed by atoms with Crippen molar-refractivity contribution in [3.05, 3.63) is 58.1 Å². The molecule has 2 aromatic carbocycles. The summed E-state index contributed by atoms with van der Waals surface area (Å²) in [5, 5.41) is 5.07. The standard InChI is InChI=1S/C35H44ClF3N6O5/c1-40-30-26(35(37,38)39)20-23(21-27(30)36)22-29(31(46)44-14-8-24(9-15-44)43-13-5-12-42(2)18-19-43)49-33(48)45-16-10-34(11-17-45)25-6-3-4-7-28(25)41-32(47)50-34/h3-4,6-7,20-21,24,29,40H,5,8-19,22H2,1-2H3,(H,41,47)/t29-/m1/s1. The predicted octanol–water partition coefficient (Wildman–Crippen LogP) is 5.63. The molecule has 50 heavy (non-hydrogen) atoms. The summed E-state index contributed by atoms with van der Waals surface area (Å²) in [6.07, 6.45) is -4.52. The molecule has 0 bridgehead atoms. The topological polar surface area (TPSA) is 107 Å². The number of likely N-dealkylation sites (tertiary alicyclic amines) is 2. The van der Waals surface area contributed by atoms with Crippen LogP contribution in [0, 0.1) is 0 Å². The van der Waals surface area contributed by atoms with Gasteiger partial charge in [-0.2, -0.15) is 13.2 Å². The number of benzene rings is 2. The van der Waals surface area contributed by atoms with Gasteiger partial charge >= 0.3 is 18.4 Å². The number of ether oxygens (including phenoxy) is 2. The molecule has 2 aromatic rings. The smallest absolute Gasteiger partial charge is 0.418 e. The fourth-order valence-corrected chi connectivity index (χ4v) is 8.05. The van der Waals surface area contributed by atoms with Gasteiger partial charge in [0.1, 0.15) is 5.60 Å². The highest BCUT2D eigenvalue weighted by molar-refractivity contribution is 6.33. The first-order chi connectivity index (χ1) is 23.9. The third kappa shape index (κ3) is 7.76. The number of alkyl halides is 3. The van der Waals surface area contributed by atoms with E-state index in [1.165, 1.54) is 18.0 Å². The number of para-hydroxylation sites is 1. The lowest BCUT2D eigenvalue weighted by Crippen LogP contribution is -2.53. The first-order valence-corrected chi connectivity index (χ1v) is 17.6. The lowest BCUT2D eigenvalue weighted by atomic mass is 9.82. The van der Waals surface area contributed by atoms with Gasteiger partial charge in [-0.05, 0) is 63.2 Å². The second-order valence-electron chi connectivity index (χ2n) is 13.6. The highest BCUT2D eigenvalue weighted by atomic mass is 35.5. The summed E-state index contributed by atoms with van der Waals surface area (Å²) in [5.41, 5.74) is -0.573. The molecule has 15 heteroatoms. The van der Waals surface area contributed by atoms with Crippen LogP contribution < -0.4 is 10.6 Å². The molecule has 3 fully saturated rings. The number of hydrogen-bond donors (Lipinski definition) is 2. The molecule has 1 atom stereocenters. The van der Waals surface area contributed by atoms with Gasteiger partial charge in [0, 0.05) is 77.2 Å². The Hall–Kier alpha value is -3.75. The van der Waals surface area contributed by atoms with Crippen molar-refractivity contribution < 1.29 is 37.0 Å². The van der Waals surface area contributed by atoms with Crippen molar-refractivity contribution in [1.82, 2.24) is 19.6 Å². The molecule has 0 saturated carbocycles. The molecule has 0 aromatic heterocycles. The molecule has 272 valence electrons. The van der Waals surface area contributed by atoms with Crippen LogP contribution in [0.4, 0.5) is 34.1 Å². The molecule has 3 saturated heterocycles. The van der Waals surface area contributed by atoms with E-state index in [0.29, 0.717) is 37.7 Å². The molecule has 6 rings (SSSR count). The monoisotopic (exact) mass is 720 g/mol. The van der Waals surface area contributed by atoms with Crippen LogP contribution in [0.15, 0.2) is 36.4 Å². The highest BCUT2D eigenvalue weighted by Gasteiger charge is 2.46. The maximum absolute atomic E-state index is 14.1. The summed E-state index contributed by atoms with van der Waals surface area (Å²) in [4.78, 5) is 48.0. The quantitative estimate of drug-likeness (QED) is 0.396. The zero-order chi connectivity index (χ0) is 35.6. The number of anilines is 2. The Labute approximate surface area is 295 Å². The van der Waals surface area contributed by atoms with Crippen molar-refractivity contribution in [2.45, 2.75) is 62.4 Å². The zero-order valence-electron chi connectivity index (χ0n) is 28.4. The fraction of sp³-hybridized carbons (Fsp3) is 0.571. The number of nitrogens with zero attached hydrogens (tertiary/aromatic N) is 4. The maximum Gasteiger partial charge on any atom is 0.418 e. The molecular formula is C35H44ClF3N6O5. The highest BCUT2D eigenvalue weighted by Crippen LogP contribution is 2.44. The van der Waals surface area contributed by atoms with Crippen molar-refractivity contribution in [3.8, 4) is 0 Å². The van der Waals surface area contributed by atoms with Crippen LogP contribution in [-0.2, 0) is 32.5 Å². The van der Waals surface area contributed by atoms with E-state index >= 15 is 0 Å². The normalized spacial score (nSPS) is 21.1. The molecule has 3 amide bonds. The van der Waals surface area contributed by atoms with Gasteiger partial charge < -0.3 is 29.5 Å². The number of amides is 3. The van der Waals surface area contributed by atoms with Gasteiger partial charge in [0.25, 0.3) is 5.91 Å². The third-order valence-corrected chi connectivity index (χ3v) is 10.8. The van der Waals surface area contributed by atoms with E-state index in [2.05, 4.69) is 27.5 Å². The van der Waals surface area contributed by atoms with Crippen molar-refractivity contribution in [3.63, 3.8) is 0 Å². The van der Waals surface area contributed by atoms with Gasteiger partial charge in [-0.25, -0.2) is 9.59 Å². The predicted molar refractivity (Wildman–Crippen MR) is 182 cm³/mol. The Morgan fingerprint density at radius 2 is 1.76 bits per heavy atom. The number of likely N-dealkylation sites (N-methyl/N-ethyl adjacent to an activating group) is 1. The van der Waals surface area contributed by atoms with Gasteiger partial charge in [-0.15, -0.1) is 0 Å². The van der Waals surface area contributed by atoms with E-state index in [-0.39, 0.29) is 35.8 Å². The summed E-state index contributed by atoms with van der Waals surface area (Å²) in [6.45, 7) is 5.23. The SMILES string of the molecule is CNc1c(Cl)cc(C[C@@H](OC(=O)N2CCC3(CC2)OC(=O)Nc2ccccc23)C(=O)N2CCC(N3CCCN(C)CC3)CC2)cc1C(F)(F)F. The van der Waals surface area contributed by atoms with Crippen LogP contribution in [0.25, 0.3) is 0 Å². The second kappa shape index (κ2) is 14.8. The number of nitrogens with one attached hydrogen (secondary N) is 2. The number of carbonyl (C=O) groups excluding carboxylic acids is 3. The van der Waals surface area contributed by atoms with E-state index in [9.17, 15) is 27.6 Å².